The van der Waals surface area contributed by atoms with Gasteiger partial charge in [-0.1, -0.05) is 6.92 Å². The summed E-state index contributed by atoms with van der Waals surface area (Å²) in [7, 11) is 0. The van der Waals surface area contributed by atoms with Crippen molar-refractivity contribution in [3.63, 3.8) is 0 Å². The summed E-state index contributed by atoms with van der Waals surface area (Å²) < 4.78 is 0.973. The van der Waals surface area contributed by atoms with Gasteiger partial charge in [-0.3, -0.25) is 4.79 Å². The van der Waals surface area contributed by atoms with E-state index in [0.717, 1.165) is 8.66 Å². The Kier molecular flexibility index (Phi) is 5.15. The number of aliphatic hydroxyl groups is 1. The highest BCUT2D eigenvalue weighted by Gasteiger charge is 2.10. The lowest BCUT2D eigenvalue weighted by Crippen LogP contribution is -2.08. The summed E-state index contributed by atoms with van der Waals surface area (Å²) in [5.41, 5.74) is 0. The molecule has 0 saturated carbocycles. The number of rotatable bonds is 5. The number of ketones is 1. The first-order valence-corrected chi connectivity index (χ1v) is 6.80. The quantitative estimate of drug-likeness (QED) is 0.849. The second-order valence-electron chi connectivity index (χ2n) is 2.83. The summed E-state index contributed by atoms with van der Waals surface area (Å²) in [6.07, 6.45) is 0. The molecule has 1 rings (SSSR count). The van der Waals surface area contributed by atoms with Crippen LogP contribution in [0.15, 0.2) is 15.9 Å². The predicted octanol–water partition coefficient (Wildman–Crippen LogP) is 2.81. The number of thioether (sulfide) groups is 1. The van der Waals surface area contributed by atoms with E-state index in [2.05, 4.69) is 15.9 Å². The van der Waals surface area contributed by atoms with E-state index in [1.54, 1.807) is 0 Å². The molecular formula is C9H11BrO2S2. The molecule has 0 bridgehead atoms. The van der Waals surface area contributed by atoms with Crippen molar-refractivity contribution in [1.82, 2.24) is 0 Å². The molecule has 2 nitrogen and oxygen atoms in total. The van der Waals surface area contributed by atoms with Crippen LogP contribution in [-0.4, -0.2) is 28.5 Å². The summed E-state index contributed by atoms with van der Waals surface area (Å²) in [5, 5.41) is 8.91. The normalized spacial score (nSPS) is 12.8. The van der Waals surface area contributed by atoms with Gasteiger partial charge in [-0.05, 0) is 28.1 Å². The maximum Gasteiger partial charge on any atom is 0.182 e. The van der Waals surface area contributed by atoms with Crippen LogP contribution in [0.4, 0.5) is 0 Å². The van der Waals surface area contributed by atoms with E-state index in [1.165, 1.54) is 23.1 Å². The number of hydrogen-bond donors (Lipinski definition) is 1. The molecule has 0 aliphatic carbocycles. The summed E-state index contributed by atoms with van der Waals surface area (Å²) in [5.74, 6) is 0.570. The van der Waals surface area contributed by atoms with E-state index in [9.17, 15) is 4.79 Å². The molecule has 0 fully saturated rings. The molecule has 1 unspecified atom stereocenters. The Hall–Kier alpha value is 0.160. The van der Waals surface area contributed by atoms with Gasteiger partial charge in [-0.25, -0.2) is 0 Å². The highest BCUT2D eigenvalue weighted by molar-refractivity contribution is 9.11. The first kappa shape index (κ1) is 12.2. The number of aliphatic hydroxyl groups excluding tert-OH is 1. The second kappa shape index (κ2) is 5.90. The molecule has 78 valence electrons. The van der Waals surface area contributed by atoms with Gasteiger partial charge in [0.05, 0.1) is 21.0 Å². The largest absolute Gasteiger partial charge is 0.395 e. The fraction of sp³-hybridized carbons (Fsp3) is 0.444. The maximum atomic E-state index is 11.6. The molecule has 1 aromatic rings. The van der Waals surface area contributed by atoms with Gasteiger partial charge in [0.1, 0.15) is 0 Å². The highest BCUT2D eigenvalue weighted by atomic mass is 79.9. The average molecular weight is 295 g/mol. The van der Waals surface area contributed by atoms with E-state index in [-0.39, 0.29) is 17.6 Å². The molecule has 5 heteroatoms. The van der Waals surface area contributed by atoms with Gasteiger partial charge >= 0.3 is 0 Å². The first-order valence-electron chi connectivity index (χ1n) is 4.14. The van der Waals surface area contributed by atoms with Crippen LogP contribution in [0.2, 0.25) is 0 Å². The van der Waals surface area contributed by atoms with Crippen LogP contribution in [0.1, 0.15) is 16.6 Å². The van der Waals surface area contributed by atoms with Crippen LogP contribution < -0.4 is 0 Å². The minimum absolute atomic E-state index is 0.117. The van der Waals surface area contributed by atoms with Crippen molar-refractivity contribution in [3.05, 3.63) is 20.8 Å². The molecule has 0 radical (unpaired) electrons. The average Bonchev–Trinajstić information content (AvgIpc) is 2.60. The van der Waals surface area contributed by atoms with Gasteiger partial charge < -0.3 is 5.11 Å². The van der Waals surface area contributed by atoms with Gasteiger partial charge in [0.2, 0.25) is 0 Å². The molecule has 0 aromatic carbocycles. The second-order valence-corrected chi connectivity index (χ2v) is 6.72. The lowest BCUT2D eigenvalue weighted by atomic mass is 10.4. The smallest absolute Gasteiger partial charge is 0.182 e. The number of carbonyl (C=O) groups is 1. The summed E-state index contributed by atoms with van der Waals surface area (Å²) >= 11 is 6.24. The van der Waals surface area contributed by atoms with Crippen LogP contribution in [0.25, 0.3) is 0 Å². The van der Waals surface area contributed by atoms with Gasteiger partial charge in [0.15, 0.2) is 5.78 Å². The third-order valence-corrected chi connectivity index (χ3v) is 4.42. The van der Waals surface area contributed by atoms with E-state index >= 15 is 0 Å². The van der Waals surface area contributed by atoms with Crippen molar-refractivity contribution in [2.24, 2.45) is 0 Å². The van der Waals surface area contributed by atoms with Crippen LogP contribution in [0.3, 0.4) is 0 Å². The molecule has 14 heavy (non-hydrogen) atoms. The van der Waals surface area contributed by atoms with Crippen LogP contribution >= 0.6 is 39.0 Å². The van der Waals surface area contributed by atoms with E-state index in [0.29, 0.717) is 5.75 Å². The Labute approximate surface area is 99.8 Å². The predicted molar refractivity (Wildman–Crippen MR) is 65.4 cm³/mol. The summed E-state index contributed by atoms with van der Waals surface area (Å²) in [6.45, 7) is 2.02. The fourth-order valence-corrected chi connectivity index (χ4v) is 2.92. The zero-order valence-electron chi connectivity index (χ0n) is 7.70. The Balaban J connectivity index is 2.43. The first-order chi connectivity index (χ1) is 6.63. The molecule has 1 atom stereocenters. The van der Waals surface area contributed by atoms with Gasteiger partial charge in [0.25, 0.3) is 0 Å². The molecule has 1 aromatic heterocycles. The van der Waals surface area contributed by atoms with Crippen molar-refractivity contribution >= 4 is 44.8 Å². The van der Waals surface area contributed by atoms with Crippen molar-refractivity contribution in [2.75, 3.05) is 12.4 Å². The fourth-order valence-electron chi connectivity index (χ4n) is 0.806. The molecule has 0 amide bonds. The number of halogens is 1. The van der Waals surface area contributed by atoms with Crippen LogP contribution in [-0.2, 0) is 0 Å². The highest BCUT2D eigenvalue weighted by Crippen LogP contribution is 2.23. The van der Waals surface area contributed by atoms with Crippen molar-refractivity contribution in [2.45, 2.75) is 12.2 Å². The third kappa shape index (κ3) is 3.73. The molecule has 0 aliphatic rings. The number of hydrogen-bond acceptors (Lipinski definition) is 4. The topological polar surface area (TPSA) is 37.3 Å². The third-order valence-electron chi connectivity index (χ3n) is 1.60. The van der Waals surface area contributed by atoms with Crippen molar-refractivity contribution < 1.29 is 9.90 Å². The van der Waals surface area contributed by atoms with E-state index in [4.69, 9.17) is 5.11 Å². The van der Waals surface area contributed by atoms with Crippen LogP contribution in [0.5, 0.6) is 0 Å². The Morgan fingerprint density at radius 1 is 1.71 bits per heavy atom. The number of thiophene rings is 1. The minimum atomic E-state index is 0.117. The molecule has 1 heterocycles. The van der Waals surface area contributed by atoms with E-state index < -0.39 is 0 Å². The van der Waals surface area contributed by atoms with Crippen molar-refractivity contribution in [1.29, 1.82) is 0 Å². The molecular weight excluding hydrogens is 284 g/mol. The van der Waals surface area contributed by atoms with E-state index in [1.807, 2.05) is 19.1 Å². The summed E-state index contributed by atoms with van der Waals surface area (Å²) in [6, 6.07) is 3.69. The molecule has 0 aliphatic heterocycles. The SMILES string of the molecule is CC(CO)SCC(=O)c1ccc(Br)s1. The van der Waals surface area contributed by atoms with Gasteiger partial charge in [0, 0.05) is 5.25 Å². The summed E-state index contributed by atoms with van der Waals surface area (Å²) in [4.78, 5) is 12.3. The Morgan fingerprint density at radius 3 is 2.93 bits per heavy atom. The monoisotopic (exact) mass is 294 g/mol. The molecule has 0 saturated heterocycles. The zero-order chi connectivity index (χ0) is 10.6. The lowest BCUT2D eigenvalue weighted by Gasteiger charge is -2.05. The van der Waals surface area contributed by atoms with Crippen LogP contribution in [0, 0.1) is 0 Å². The lowest BCUT2D eigenvalue weighted by molar-refractivity contribution is 0.102. The number of carbonyl (C=O) groups excluding carboxylic acids is 1. The Bertz CT molecular complexity index is 312. The maximum absolute atomic E-state index is 11.6. The standard InChI is InChI=1S/C9H11BrO2S2/c1-6(4-11)13-5-7(12)8-2-3-9(10)14-8/h2-3,6,11H,4-5H2,1H3. The Morgan fingerprint density at radius 2 is 2.43 bits per heavy atom. The zero-order valence-corrected chi connectivity index (χ0v) is 10.9. The van der Waals surface area contributed by atoms with Crippen molar-refractivity contribution in [3.8, 4) is 0 Å². The van der Waals surface area contributed by atoms with Gasteiger partial charge in [-0.15, -0.1) is 23.1 Å². The number of Topliss-reactive ketones (excluding diaryl/α,β-unsaturated/α-hetero) is 1. The molecule has 0 spiro atoms. The van der Waals surface area contributed by atoms with Gasteiger partial charge in [-0.2, -0.15) is 0 Å². The minimum Gasteiger partial charge on any atom is -0.395 e. The molecule has 1 N–H and O–H groups in total.